The van der Waals surface area contributed by atoms with Crippen molar-refractivity contribution in [3.8, 4) is 0 Å². The molecule has 1 aromatic rings. The van der Waals surface area contributed by atoms with Gasteiger partial charge in [-0.25, -0.2) is 0 Å². The molecule has 0 saturated heterocycles. The summed E-state index contributed by atoms with van der Waals surface area (Å²) < 4.78 is 1.11. The van der Waals surface area contributed by atoms with Crippen LogP contribution in [0.25, 0.3) is 0 Å². The van der Waals surface area contributed by atoms with Gasteiger partial charge in [-0.15, -0.1) is 0 Å². The van der Waals surface area contributed by atoms with Crippen LogP contribution in [0.5, 0.6) is 0 Å². The molecular weight excluding hydrogens is 251 g/mol. The average molecular weight is 262 g/mol. The predicted octanol–water partition coefficient (Wildman–Crippen LogP) is 1.37. The molecule has 0 aromatic heterocycles. The third-order valence-electron chi connectivity index (χ3n) is 1.50. The fourth-order valence-electron chi connectivity index (χ4n) is 0.893. The molecule has 1 aromatic carbocycles. The summed E-state index contributed by atoms with van der Waals surface area (Å²) in [7, 11) is 0. The van der Waals surface area contributed by atoms with Crippen molar-refractivity contribution in [2.24, 2.45) is 5.73 Å². The minimum absolute atomic E-state index is 0.694. The van der Waals surface area contributed by atoms with Gasteiger partial charge in [0.25, 0.3) is 0 Å². The fourth-order valence-corrected chi connectivity index (χ4v) is 1.47. The van der Waals surface area contributed by atoms with Crippen molar-refractivity contribution in [1.29, 1.82) is 0 Å². The summed E-state index contributed by atoms with van der Waals surface area (Å²) >= 11 is 2.22. The lowest BCUT2D eigenvalue weighted by atomic mass is 10.1. The monoisotopic (exact) mass is 262 g/mol. The molecule has 0 amide bonds. The number of nitrogen functional groups attached to an aromatic ring is 1. The van der Waals surface area contributed by atoms with Crippen molar-refractivity contribution in [1.82, 2.24) is 0 Å². The predicted molar refractivity (Wildman–Crippen MR) is 56.3 cm³/mol. The molecule has 0 aliphatic rings. The van der Waals surface area contributed by atoms with Gasteiger partial charge in [0, 0.05) is 9.26 Å². The lowest BCUT2D eigenvalue weighted by Gasteiger charge is -2.01. The first kappa shape index (κ1) is 8.80. The van der Waals surface area contributed by atoms with Crippen molar-refractivity contribution in [3.05, 3.63) is 27.3 Å². The van der Waals surface area contributed by atoms with Crippen molar-refractivity contribution in [2.75, 3.05) is 12.3 Å². The third-order valence-corrected chi connectivity index (χ3v) is 2.43. The lowest BCUT2D eigenvalue weighted by molar-refractivity contribution is 0.968. The summed E-state index contributed by atoms with van der Waals surface area (Å²) in [5.74, 6) is 0. The number of halogens is 1. The second kappa shape index (κ2) is 3.92. The van der Waals surface area contributed by atoms with Gasteiger partial charge in [-0.2, -0.15) is 0 Å². The lowest BCUT2D eigenvalue weighted by Crippen LogP contribution is -2.03. The highest BCUT2D eigenvalue weighted by Crippen LogP contribution is 2.16. The minimum Gasteiger partial charge on any atom is -0.398 e. The Morgan fingerprint density at radius 2 is 2.09 bits per heavy atom. The van der Waals surface area contributed by atoms with Crippen LogP contribution >= 0.6 is 22.6 Å². The summed E-state index contributed by atoms with van der Waals surface area (Å²) in [4.78, 5) is 0. The number of rotatable bonds is 2. The summed E-state index contributed by atoms with van der Waals surface area (Å²) in [5.41, 5.74) is 13.2. The van der Waals surface area contributed by atoms with Crippen LogP contribution in [0.1, 0.15) is 5.56 Å². The zero-order valence-corrected chi connectivity index (χ0v) is 8.34. The van der Waals surface area contributed by atoms with E-state index in [1.807, 2.05) is 12.1 Å². The Morgan fingerprint density at radius 1 is 1.36 bits per heavy atom. The van der Waals surface area contributed by atoms with E-state index >= 15 is 0 Å². The van der Waals surface area contributed by atoms with Gasteiger partial charge >= 0.3 is 0 Å². The molecule has 2 nitrogen and oxygen atoms in total. The highest BCUT2D eigenvalue weighted by atomic mass is 127. The van der Waals surface area contributed by atoms with Crippen LogP contribution in [0.15, 0.2) is 18.2 Å². The molecule has 4 N–H and O–H groups in total. The van der Waals surface area contributed by atoms with Gasteiger partial charge in [0.05, 0.1) is 0 Å². The molecule has 3 heteroatoms. The van der Waals surface area contributed by atoms with E-state index in [1.54, 1.807) is 0 Å². The van der Waals surface area contributed by atoms with Gasteiger partial charge in [0.15, 0.2) is 0 Å². The van der Waals surface area contributed by atoms with Gasteiger partial charge in [0.2, 0.25) is 0 Å². The van der Waals surface area contributed by atoms with E-state index < -0.39 is 0 Å². The molecule has 0 saturated carbocycles. The maximum Gasteiger partial charge on any atom is 0.0449 e. The maximum atomic E-state index is 5.65. The second-order valence-electron chi connectivity index (χ2n) is 2.39. The third kappa shape index (κ3) is 2.34. The number of hydrogen-bond acceptors (Lipinski definition) is 2. The highest BCUT2D eigenvalue weighted by molar-refractivity contribution is 14.1. The topological polar surface area (TPSA) is 52.0 Å². The van der Waals surface area contributed by atoms with Crippen LogP contribution < -0.4 is 11.5 Å². The molecular formula is C8H11IN2. The summed E-state index contributed by atoms with van der Waals surface area (Å²) in [6.45, 7) is 0.694. The molecule has 0 aliphatic heterocycles. The van der Waals surface area contributed by atoms with E-state index in [9.17, 15) is 0 Å². The van der Waals surface area contributed by atoms with Gasteiger partial charge in [-0.1, -0.05) is 6.07 Å². The van der Waals surface area contributed by atoms with E-state index in [1.165, 1.54) is 5.56 Å². The molecule has 0 heterocycles. The van der Waals surface area contributed by atoms with Crippen molar-refractivity contribution in [2.45, 2.75) is 6.42 Å². The van der Waals surface area contributed by atoms with Crippen LogP contribution in [-0.4, -0.2) is 6.54 Å². The van der Waals surface area contributed by atoms with E-state index in [4.69, 9.17) is 11.5 Å². The first-order chi connectivity index (χ1) is 5.24. The largest absolute Gasteiger partial charge is 0.398 e. The molecule has 0 atom stereocenters. The molecule has 0 radical (unpaired) electrons. The van der Waals surface area contributed by atoms with Crippen LogP contribution in [0.3, 0.4) is 0 Å². The first-order valence-electron chi connectivity index (χ1n) is 3.48. The van der Waals surface area contributed by atoms with Crippen LogP contribution in [0.2, 0.25) is 0 Å². The zero-order chi connectivity index (χ0) is 8.27. The highest BCUT2D eigenvalue weighted by Gasteiger charge is 1.95. The molecule has 11 heavy (non-hydrogen) atoms. The zero-order valence-electron chi connectivity index (χ0n) is 6.18. The molecule has 0 unspecified atom stereocenters. The van der Waals surface area contributed by atoms with Gasteiger partial charge < -0.3 is 11.5 Å². The van der Waals surface area contributed by atoms with Crippen molar-refractivity contribution < 1.29 is 0 Å². The molecule has 0 spiro atoms. The smallest absolute Gasteiger partial charge is 0.0449 e. The Hall–Kier alpha value is -0.290. The quantitative estimate of drug-likeness (QED) is 0.624. The van der Waals surface area contributed by atoms with Crippen LogP contribution in [0, 0.1) is 3.57 Å². The van der Waals surface area contributed by atoms with Gasteiger partial charge in [-0.3, -0.25) is 0 Å². The number of nitrogens with two attached hydrogens (primary N) is 2. The summed E-state index contributed by atoms with van der Waals surface area (Å²) in [6.07, 6.45) is 0.927. The molecule has 0 bridgehead atoms. The molecule has 60 valence electrons. The Kier molecular flexibility index (Phi) is 3.14. The number of hydrogen-bond donors (Lipinski definition) is 2. The minimum atomic E-state index is 0.694. The van der Waals surface area contributed by atoms with Crippen LogP contribution in [-0.2, 0) is 6.42 Å². The van der Waals surface area contributed by atoms with Crippen molar-refractivity contribution in [3.63, 3.8) is 0 Å². The Bertz CT molecular complexity index is 248. The standard InChI is InChI=1S/C8H11IN2/c9-7-5-6(3-4-10)1-2-8(7)11/h1-2,5H,3-4,10-11H2. The Morgan fingerprint density at radius 3 is 2.64 bits per heavy atom. The summed E-state index contributed by atoms with van der Waals surface area (Å²) in [5, 5.41) is 0. The Labute approximate surface area is 80.1 Å². The van der Waals surface area contributed by atoms with Crippen molar-refractivity contribution >= 4 is 28.3 Å². The molecule has 1 rings (SSSR count). The SMILES string of the molecule is NCCc1ccc(N)c(I)c1. The maximum absolute atomic E-state index is 5.65. The van der Waals surface area contributed by atoms with Crippen LogP contribution in [0.4, 0.5) is 5.69 Å². The summed E-state index contributed by atoms with van der Waals surface area (Å²) in [6, 6.07) is 6.01. The average Bonchev–Trinajstić information content (AvgIpc) is 1.98. The Balaban J connectivity index is 2.86. The van der Waals surface area contributed by atoms with Gasteiger partial charge in [-0.05, 0) is 53.3 Å². The van der Waals surface area contributed by atoms with E-state index in [2.05, 4.69) is 28.7 Å². The van der Waals surface area contributed by atoms with Gasteiger partial charge in [0.1, 0.15) is 0 Å². The van der Waals surface area contributed by atoms with E-state index in [0.29, 0.717) is 6.54 Å². The van der Waals surface area contributed by atoms with E-state index in [-0.39, 0.29) is 0 Å². The molecule has 0 fully saturated rings. The normalized spacial score (nSPS) is 10.0. The number of benzene rings is 1. The first-order valence-corrected chi connectivity index (χ1v) is 4.56. The number of anilines is 1. The second-order valence-corrected chi connectivity index (χ2v) is 3.56. The fraction of sp³-hybridized carbons (Fsp3) is 0.250. The van der Waals surface area contributed by atoms with E-state index in [0.717, 1.165) is 15.7 Å². The molecule has 0 aliphatic carbocycles.